The first kappa shape index (κ1) is 10.7. The zero-order valence-corrected chi connectivity index (χ0v) is 8.91. The minimum Gasteiger partial charge on any atom is -0.248 e. The van der Waals surface area contributed by atoms with Gasteiger partial charge in [-0.15, -0.1) is 0 Å². The molecule has 0 aliphatic heterocycles. The summed E-state index contributed by atoms with van der Waals surface area (Å²) in [5.41, 5.74) is 0.314. The van der Waals surface area contributed by atoms with Gasteiger partial charge in [-0.3, -0.25) is 0 Å². The first-order chi connectivity index (χ1) is 6.59. The summed E-state index contributed by atoms with van der Waals surface area (Å²) in [5.74, 6) is -1.37. The van der Waals surface area contributed by atoms with Crippen LogP contribution in [0, 0.1) is 0 Å². The highest BCUT2D eigenvalue weighted by atomic mass is 79.9. The van der Waals surface area contributed by atoms with Gasteiger partial charge < -0.3 is 0 Å². The van der Waals surface area contributed by atoms with Crippen molar-refractivity contribution in [3.05, 3.63) is 34.3 Å². The molecule has 0 unspecified atom stereocenters. The summed E-state index contributed by atoms with van der Waals surface area (Å²) < 4.78 is 0.849. The monoisotopic (exact) mass is 258 g/mol. The topological polar surface area (TPSA) is 52.6 Å². The van der Waals surface area contributed by atoms with Crippen LogP contribution in [-0.4, -0.2) is 11.9 Å². The third-order valence-corrected chi connectivity index (χ3v) is 1.84. The third-order valence-electron chi connectivity index (χ3n) is 1.31. The van der Waals surface area contributed by atoms with E-state index in [0.29, 0.717) is 5.56 Å². The highest BCUT2D eigenvalue weighted by molar-refractivity contribution is 9.10. The van der Waals surface area contributed by atoms with Crippen molar-refractivity contribution in [2.75, 3.05) is 0 Å². The van der Waals surface area contributed by atoms with Crippen LogP contribution in [0.4, 0.5) is 0 Å². The summed E-state index contributed by atoms with van der Waals surface area (Å²) in [6.07, 6.45) is 0. The number of carbonyl (C=O) groups is 2. The molecule has 0 atom stereocenters. The van der Waals surface area contributed by atoms with Crippen molar-refractivity contribution in [2.24, 2.45) is 0 Å². The van der Waals surface area contributed by atoms with Crippen molar-refractivity contribution < 1.29 is 19.4 Å². The molecule has 0 amide bonds. The molecule has 0 heterocycles. The van der Waals surface area contributed by atoms with E-state index in [2.05, 4.69) is 25.7 Å². The van der Waals surface area contributed by atoms with Gasteiger partial charge in [0.25, 0.3) is 0 Å². The van der Waals surface area contributed by atoms with Gasteiger partial charge in [-0.25, -0.2) is 19.4 Å². The van der Waals surface area contributed by atoms with Crippen LogP contribution in [0.15, 0.2) is 28.7 Å². The van der Waals surface area contributed by atoms with E-state index < -0.39 is 11.9 Å². The molecule has 1 aromatic carbocycles. The Kier molecular flexibility index (Phi) is 3.64. The van der Waals surface area contributed by atoms with Crippen LogP contribution < -0.4 is 0 Å². The zero-order valence-electron chi connectivity index (χ0n) is 7.32. The maximum absolute atomic E-state index is 11.1. The predicted molar refractivity (Wildman–Crippen MR) is 51.3 cm³/mol. The molecule has 0 aliphatic rings. The Labute approximate surface area is 88.9 Å². The number of hydrogen-bond donors (Lipinski definition) is 0. The van der Waals surface area contributed by atoms with Crippen LogP contribution in [0.25, 0.3) is 0 Å². The number of halogens is 1. The Bertz CT molecular complexity index is 344. The highest BCUT2D eigenvalue weighted by Gasteiger charge is 2.09. The molecular formula is C9H7BrO4. The average Bonchev–Trinajstić information content (AvgIpc) is 2.15. The molecule has 14 heavy (non-hydrogen) atoms. The Hall–Kier alpha value is -1.36. The maximum Gasteiger partial charge on any atom is 0.386 e. The molecule has 0 radical (unpaired) electrons. The number of hydrogen-bond acceptors (Lipinski definition) is 4. The van der Waals surface area contributed by atoms with Crippen LogP contribution in [0.3, 0.4) is 0 Å². The van der Waals surface area contributed by atoms with Gasteiger partial charge in [-0.05, 0) is 24.3 Å². The van der Waals surface area contributed by atoms with Gasteiger partial charge in [0.1, 0.15) is 0 Å². The highest BCUT2D eigenvalue weighted by Crippen LogP contribution is 2.11. The van der Waals surface area contributed by atoms with Gasteiger partial charge in [-0.2, -0.15) is 0 Å². The van der Waals surface area contributed by atoms with E-state index in [1.165, 1.54) is 0 Å². The van der Waals surface area contributed by atoms with Crippen LogP contribution in [0.5, 0.6) is 0 Å². The van der Waals surface area contributed by atoms with Crippen molar-refractivity contribution in [1.82, 2.24) is 0 Å². The summed E-state index contributed by atoms with van der Waals surface area (Å²) in [4.78, 5) is 29.8. The van der Waals surface area contributed by atoms with E-state index in [1.807, 2.05) is 0 Å². The van der Waals surface area contributed by atoms with Gasteiger partial charge >= 0.3 is 11.9 Å². The van der Waals surface area contributed by atoms with E-state index in [1.54, 1.807) is 24.3 Å². The standard InChI is InChI=1S/C9H7BrO4/c1-6(11)13-14-9(12)7-2-4-8(10)5-3-7/h2-5H,1H3. The molecule has 0 fully saturated rings. The fourth-order valence-electron chi connectivity index (χ4n) is 0.731. The van der Waals surface area contributed by atoms with Crippen molar-refractivity contribution >= 4 is 27.9 Å². The molecule has 0 aliphatic carbocycles. The van der Waals surface area contributed by atoms with Crippen LogP contribution in [-0.2, 0) is 14.6 Å². The van der Waals surface area contributed by atoms with E-state index in [0.717, 1.165) is 11.4 Å². The summed E-state index contributed by atoms with van der Waals surface area (Å²) in [6.45, 7) is 1.15. The largest absolute Gasteiger partial charge is 0.386 e. The maximum atomic E-state index is 11.1. The second kappa shape index (κ2) is 4.76. The van der Waals surface area contributed by atoms with Gasteiger partial charge in [0.15, 0.2) is 0 Å². The fourth-order valence-corrected chi connectivity index (χ4v) is 0.995. The van der Waals surface area contributed by atoms with E-state index in [4.69, 9.17) is 0 Å². The number of benzene rings is 1. The fraction of sp³-hybridized carbons (Fsp3) is 0.111. The smallest absolute Gasteiger partial charge is 0.248 e. The molecule has 0 aromatic heterocycles. The minimum atomic E-state index is -0.701. The van der Waals surface area contributed by atoms with E-state index >= 15 is 0 Å². The summed E-state index contributed by atoms with van der Waals surface area (Å²) >= 11 is 3.22. The first-order valence-electron chi connectivity index (χ1n) is 3.74. The lowest BCUT2D eigenvalue weighted by molar-refractivity contribution is -0.231. The summed E-state index contributed by atoms with van der Waals surface area (Å²) in [7, 11) is 0. The van der Waals surface area contributed by atoms with Crippen LogP contribution >= 0.6 is 15.9 Å². The Morgan fingerprint density at radius 2 is 1.71 bits per heavy atom. The average molecular weight is 259 g/mol. The molecule has 1 aromatic rings. The van der Waals surface area contributed by atoms with E-state index in [-0.39, 0.29) is 0 Å². The molecule has 0 saturated heterocycles. The molecule has 0 saturated carbocycles. The second-order valence-electron chi connectivity index (χ2n) is 2.45. The molecule has 74 valence electrons. The van der Waals surface area contributed by atoms with Crippen molar-refractivity contribution in [3.63, 3.8) is 0 Å². The van der Waals surface area contributed by atoms with Gasteiger partial charge in [0.05, 0.1) is 5.56 Å². The minimum absolute atomic E-state index is 0.314. The van der Waals surface area contributed by atoms with Crippen LogP contribution in [0.2, 0.25) is 0 Å². The van der Waals surface area contributed by atoms with Crippen LogP contribution in [0.1, 0.15) is 17.3 Å². The van der Waals surface area contributed by atoms with E-state index in [9.17, 15) is 9.59 Å². The molecular weight excluding hydrogens is 252 g/mol. The van der Waals surface area contributed by atoms with Crippen molar-refractivity contribution in [1.29, 1.82) is 0 Å². The number of carbonyl (C=O) groups excluding carboxylic acids is 2. The normalized spacial score (nSPS) is 9.29. The van der Waals surface area contributed by atoms with Gasteiger partial charge in [0.2, 0.25) is 0 Å². The third kappa shape index (κ3) is 3.18. The molecule has 0 spiro atoms. The molecule has 0 N–H and O–H groups in total. The Morgan fingerprint density at radius 3 is 2.21 bits per heavy atom. The lowest BCUT2D eigenvalue weighted by Crippen LogP contribution is -2.08. The second-order valence-corrected chi connectivity index (χ2v) is 3.37. The molecule has 5 heteroatoms. The van der Waals surface area contributed by atoms with Gasteiger partial charge in [0, 0.05) is 11.4 Å². The lowest BCUT2D eigenvalue weighted by atomic mass is 10.2. The Balaban J connectivity index is 2.61. The molecule has 1 rings (SSSR count). The summed E-state index contributed by atoms with van der Waals surface area (Å²) in [6, 6.07) is 6.47. The predicted octanol–water partition coefficient (Wildman–Crippen LogP) is 2.08. The summed E-state index contributed by atoms with van der Waals surface area (Å²) in [5, 5.41) is 0. The van der Waals surface area contributed by atoms with Crippen molar-refractivity contribution in [3.8, 4) is 0 Å². The number of rotatable bonds is 1. The first-order valence-corrected chi connectivity index (χ1v) is 4.54. The molecule has 4 nitrogen and oxygen atoms in total. The van der Waals surface area contributed by atoms with Gasteiger partial charge in [-0.1, -0.05) is 15.9 Å². The quantitative estimate of drug-likeness (QED) is 0.572. The van der Waals surface area contributed by atoms with Crippen molar-refractivity contribution in [2.45, 2.75) is 6.92 Å². The Morgan fingerprint density at radius 1 is 1.14 bits per heavy atom. The SMILES string of the molecule is CC(=O)OOC(=O)c1ccc(Br)cc1. The lowest BCUT2D eigenvalue weighted by Gasteiger charge is -2.00. The zero-order chi connectivity index (χ0) is 10.6. The molecule has 0 bridgehead atoms.